The van der Waals surface area contributed by atoms with Gasteiger partial charge in [0.1, 0.15) is 35.9 Å². The first-order chi connectivity index (χ1) is 16.3. The van der Waals surface area contributed by atoms with Crippen LogP contribution in [0.25, 0.3) is 0 Å². The van der Waals surface area contributed by atoms with E-state index in [9.17, 15) is 23.8 Å². The molecule has 2 aromatic rings. The Balaban J connectivity index is 1.31. The van der Waals surface area contributed by atoms with Crippen LogP contribution < -0.4 is 5.32 Å². The molecule has 10 heteroatoms. The Labute approximate surface area is 194 Å². The van der Waals surface area contributed by atoms with E-state index in [1.165, 1.54) is 23.4 Å². The lowest BCUT2D eigenvalue weighted by Gasteiger charge is -2.27. The average molecular weight is 469 g/mol. The quantitative estimate of drug-likeness (QED) is 0.629. The fourth-order valence-corrected chi connectivity index (χ4v) is 5.83. The van der Waals surface area contributed by atoms with Gasteiger partial charge in [0.25, 0.3) is 5.91 Å². The number of rotatable bonds is 4. The van der Waals surface area contributed by atoms with Gasteiger partial charge in [-0.25, -0.2) is 18.7 Å². The second-order valence-corrected chi connectivity index (χ2v) is 9.73. The van der Waals surface area contributed by atoms with Gasteiger partial charge in [0.05, 0.1) is 42.5 Å². The van der Waals surface area contributed by atoms with Crippen molar-refractivity contribution in [1.29, 1.82) is 0 Å². The van der Waals surface area contributed by atoms with Crippen LogP contribution in [-0.2, 0) is 11.3 Å². The molecular formula is C24H25F2N5O3. The molecule has 6 rings (SSSR count). The lowest BCUT2D eigenvalue weighted by atomic mass is 9.98. The van der Waals surface area contributed by atoms with E-state index in [1.807, 2.05) is 6.92 Å². The van der Waals surface area contributed by atoms with Gasteiger partial charge in [-0.3, -0.25) is 9.79 Å². The molecule has 0 bridgehead atoms. The first-order valence-electron chi connectivity index (χ1n) is 11.6. The van der Waals surface area contributed by atoms with E-state index >= 15 is 0 Å². The molecule has 1 saturated heterocycles. The molecule has 2 aliphatic heterocycles. The van der Waals surface area contributed by atoms with E-state index < -0.39 is 36.1 Å². The van der Waals surface area contributed by atoms with Crippen molar-refractivity contribution in [1.82, 2.24) is 14.9 Å². The fourth-order valence-electron chi connectivity index (χ4n) is 5.83. The molecule has 178 valence electrons. The summed E-state index contributed by atoms with van der Waals surface area (Å²) in [5, 5.41) is 23.8. The van der Waals surface area contributed by atoms with Crippen LogP contribution in [0.3, 0.4) is 0 Å². The molecule has 3 N–H and O–H groups in total. The highest BCUT2D eigenvalue weighted by atomic mass is 19.1. The normalized spacial score (nSPS) is 33.5. The molecule has 1 aromatic carbocycles. The van der Waals surface area contributed by atoms with Crippen molar-refractivity contribution in [2.24, 2.45) is 16.8 Å². The lowest BCUT2D eigenvalue weighted by molar-refractivity contribution is -0.125. The van der Waals surface area contributed by atoms with Gasteiger partial charge < -0.3 is 20.4 Å². The molecule has 4 aliphatic rings. The minimum absolute atomic E-state index is 0.0681. The fraction of sp³-hybridized carbons (Fsp3) is 0.500. The number of likely N-dealkylation sites (tertiary alicyclic amines) is 1. The average Bonchev–Trinajstić information content (AvgIpc) is 3.22. The number of alkyl halides is 1. The first-order valence-corrected chi connectivity index (χ1v) is 11.6. The number of aromatic nitrogens is 2. The van der Waals surface area contributed by atoms with Gasteiger partial charge >= 0.3 is 0 Å². The predicted molar refractivity (Wildman–Crippen MR) is 118 cm³/mol. The van der Waals surface area contributed by atoms with E-state index in [1.54, 1.807) is 6.07 Å². The molecule has 7 atom stereocenters. The molecule has 2 saturated carbocycles. The molecule has 3 heterocycles. The molecule has 0 unspecified atom stereocenters. The summed E-state index contributed by atoms with van der Waals surface area (Å²) < 4.78 is 28.5. The van der Waals surface area contributed by atoms with E-state index in [4.69, 9.17) is 0 Å². The number of halogens is 2. The molecule has 8 nitrogen and oxygen atoms in total. The Morgan fingerprint density at radius 1 is 1.18 bits per heavy atom. The van der Waals surface area contributed by atoms with Crippen molar-refractivity contribution in [2.75, 3.05) is 11.9 Å². The van der Waals surface area contributed by atoms with Gasteiger partial charge in [-0.05, 0) is 48.4 Å². The van der Waals surface area contributed by atoms with Gasteiger partial charge in [0.2, 0.25) is 0 Å². The molecule has 2 aliphatic carbocycles. The van der Waals surface area contributed by atoms with Crippen molar-refractivity contribution in [3.05, 3.63) is 52.7 Å². The Hall–Kier alpha value is -2.98. The number of benzene rings is 1. The number of nitrogens with zero attached hydrogens (tertiary/aromatic N) is 4. The van der Waals surface area contributed by atoms with Crippen molar-refractivity contribution < 1.29 is 23.8 Å². The van der Waals surface area contributed by atoms with Crippen molar-refractivity contribution in [3.8, 4) is 0 Å². The summed E-state index contributed by atoms with van der Waals surface area (Å²) in [5.74, 6) is -0.318. The van der Waals surface area contributed by atoms with Gasteiger partial charge in [-0.2, -0.15) is 0 Å². The Morgan fingerprint density at radius 3 is 2.76 bits per heavy atom. The largest absolute Gasteiger partial charge is 0.390 e. The highest BCUT2D eigenvalue weighted by molar-refractivity contribution is 6.47. The van der Waals surface area contributed by atoms with Crippen molar-refractivity contribution in [3.63, 3.8) is 0 Å². The zero-order chi connectivity index (χ0) is 23.7. The van der Waals surface area contributed by atoms with Crippen LogP contribution in [-0.4, -0.2) is 67.7 Å². The smallest absolute Gasteiger partial charge is 0.273 e. The van der Waals surface area contributed by atoms with Crippen LogP contribution in [0.1, 0.15) is 41.3 Å². The maximum absolute atomic E-state index is 14.5. The number of anilines is 1. The number of hydrogen-bond acceptors (Lipinski definition) is 7. The molecular weight excluding hydrogens is 444 g/mol. The molecule has 1 aromatic heterocycles. The first kappa shape index (κ1) is 21.5. The monoisotopic (exact) mass is 469 g/mol. The van der Waals surface area contributed by atoms with Crippen LogP contribution in [0.15, 0.2) is 29.5 Å². The van der Waals surface area contributed by atoms with Crippen LogP contribution in [0.5, 0.6) is 0 Å². The number of aryl methyl sites for hydroxylation is 1. The zero-order valence-corrected chi connectivity index (χ0v) is 18.5. The number of carbonyl (C=O) groups is 1. The summed E-state index contributed by atoms with van der Waals surface area (Å²) in [7, 11) is 0. The number of amides is 1. The summed E-state index contributed by atoms with van der Waals surface area (Å²) in [6.07, 6.45) is -0.666. The Kier molecular flexibility index (Phi) is 4.93. The standard InChI is InChI=1S/C24H25F2N5O3/c1-10-2-3-11(25)4-13(10)17-5-12(26)8-31(17)24(34)20-18-16(7-27-20)28-9-29-23(18)30-19-14-6-15(14)21(32)22(19)33/h2-4,9,12,14-15,17,19,21-22,32-33H,5-8H2,1H3,(H,28,29,30)/t12-,14-,15+,17+,19+,21+,22-/m0/s1. The van der Waals surface area contributed by atoms with E-state index in [2.05, 4.69) is 20.3 Å². The topological polar surface area (TPSA) is 111 Å². The number of fused-ring (bicyclic) bond motifs is 2. The molecule has 0 spiro atoms. The Bertz CT molecular complexity index is 1210. The number of aliphatic hydroxyl groups is 2. The SMILES string of the molecule is Cc1ccc(F)cc1[C@H]1C[C@H](F)CN1C(=O)C1=NCc2ncnc(N[C@H]3[C@H](O)[C@H](O)[C@@H]4C[C@@H]43)c21. The minimum Gasteiger partial charge on any atom is -0.390 e. The Morgan fingerprint density at radius 2 is 2.00 bits per heavy atom. The molecule has 3 fully saturated rings. The highest BCUT2D eigenvalue weighted by Gasteiger charge is 2.59. The van der Waals surface area contributed by atoms with Crippen LogP contribution in [0.4, 0.5) is 14.6 Å². The molecule has 34 heavy (non-hydrogen) atoms. The van der Waals surface area contributed by atoms with Crippen molar-refractivity contribution in [2.45, 2.75) is 56.8 Å². The van der Waals surface area contributed by atoms with Gasteiger partial charge in [-0.15, -0.1) is 0 Å². The zero-order valence-electron chi connectivity index (χ0n) is 18.5. The third-order valence-corrected chi connectivity index (χ3v) is 7.68. The third-order valence-electron chi connectivity index (χ3n) is 7.68. The third kappa shape index (κ3) is 3.31. The van der Waals surface area contributed by atoms with E-state index in [0.29, 0.717) is 22.6 Å². The van der Waals surface area contributed by atoms with E-state index in [-0.39, 0.29) is 43.1 Å². The number of carbonyl (C=O) groups excluding carboxylic acids is 1. The second-order valence-electron chi connectivity index (χ2n) is 9.73. The number of aliphatic imine (C=N–C) groups is 1. The predicted octanol–water partition coefficient (Wildman–Crippen LogP) is 1.69. The summed E-state index contributed by atoms with van der Waals surface area (Å²) in [5.41, 5.74) is 2.50. The van der Waals surface area contributed by atoms with Crippen LogP contribution in [0.2, 0.25) is 0 Å². The van der Waals surface area contributed by atoms with Crippen LogP contribution in [0, 0.1) is 24.6 Å². The number of nitrogens with one attached hydrogen (secondary N) is 1. The number of aliphatic hydroxyl groups excluding tert-OH is 2. The lowest BCUT2D eigenvalue weighted by Crippen LogP contribution is -2.40. The van der Waals surface area contributed by atoms with Crippen LogP contribution >= 0.6 is 0 Å². The van der Waals surface area contributed by atoms with Gasteiger partial charge in [0.15, 0.2) is 0 Å². The summed E-state index contributed by atoms with van der Waals surface area (Å²) in [6.45, 7) is 1.89. The summed E-state index contributed by atoms with van der Waals surface area (Å²) in [6, 6.07) is 3.34. The maximum atomic E-state index is 14.5. The van der Waals surface area contributed by atoms with Gasteiger partial charge in [0, 0.05) is 6.42 Å². The molecule has 1 amide bonds. The second kappa shape index (κ2) is 7.78. The maximum Gasteiger partial charge on any atom is 0.273 e. The van der Waals surface area contributed by atoms with E-state index in [0.717, 1.165) is 12.0 Å². The summed E-state index contributed by atoms with van der Waals surface area (Å²) in [4.78, 5) is 28.1. The minimum atomic E-state index is -1.23. The molecule has 0 radical (unpaired) electrons. The summed E-state index contributed by atoms with van der Waals surface area (Å²) >= 11 is 0. The van der Waals surface area contributed by atoms with Gasteiger partial charge in [-0.1, -0.05) is 6.07 Å². The number of hydrogen-bond donors (Lipinski definition) is 3. The van der Waals surface area contributed by atoms with Crippen molar-refractivity contribution >= 4 is 17.4 Å². The highest BCUT2D eigenvalue weighted by Crippen LogP contribution is 2.53.